The zero-order valence-electron chi connectivity index (χ0n) is 16.2. The van der Waals surface area contributed by atoms with Crippen molar-refractivity contribution in [2.45, 2.75) is 24.6 Å². The fourth-order valence-corrected chi connectivity index (χ4v) is 3.59. The van der Waals surface area contributed by atoms with Crippen molar-refractivity contribution in [3.05, 3.63) is 59.3 Å². The van der Waals surface area contributed by atoms with Gasteiger partial charge in [-0.3, -0.25) is 0 Å². The summed E-state index contributed by atoms with van der Waals surface area (Å²) in [6.45, 7) is 1.30. The van der Waals surface area contributed by atoms with Gasteiger partial charge in [-0.05, 0) is 36.8 Å². The van der Waals surface area contributed by atoms with Crippen LogP contribution in [0.25, 0.3) is 16.9 Å². The van der Waals surface area contributed by atoms with Gasteiger partial charge in [0.15, 0.2) is 9.84 Å². The van der Waals surface area contributed by atoms with Crippen molar-refractivity contribution in [1.29, 1.82) is 0 Å². The van der Waals surface area contributed by atoms with Gasteiger partial charge >= 0.3 is 6.36 Å². The Morgan fingerprint density at radius 1 is 1.03 bits per heavy atom. The topological polar surface area (TPSA) is 61.2 Å². The molecule has 32 heavy (non-hydrogen) atoms. The lowest BCUT2D eigenvalue weighted by Crippen LogP contribution is -2.18. The number of aromatic nitrogens is 2. The third-order valence-corrected chi connectivity index (χ3v) is 5.40. The third kappa shape index (κ3) is 4.87. The number of hydrogen-bond donors (Lipinski definition) is 0. The number of hydrogen-bond acceptors (Lipinski definition) is 4. The highest BCUT2D eigenvalue weighted by Crippen LogP contribution is 2.34. The van der Waals surface area contributed by atoms with Gasteiger partial charge in [-0.25, -0.2) is 30.7 Å². The minimum Gasteiger partial charge on any atom is -0.405 e. The summed E-state index contributed by atoms with van der Waals surface area (Å²) < 4.78 is 121. The van der Waals surface area contributed by atoms with Crippen LogP contribution in [0.15, 0.2) is 41.3 Å². The van der Waals surface area contributed by atoms with Crippen LogP contribution in [-0.4, -0.2) is 30.8 Å². The quantitative estimate of drug-likeness (QED) is 0.459. The first-order chi connectivity index (χ1) is 14.7. The Hall–Kier alpha value is -3.09. The highest BCUT2D eigenvalue weighted by atomic mass is 32.2. The van der Waals surface area contributed by atoms with Crippen LogP contribution in [0.5, 0.6) is 5.75 Å². The van der Waals surface area contributed by atoms with Crippen LogP contribution >= 0.6 is 0 Å². The smallest absolute Gasteiger partial charge is 0.405 e. The SMILES string of the molecule is Cc1ccc(-n2nc(C(F)F)cc2-c2cc(F)c(S(C)(=O)=O)cc2F)cc1OC(F)(F)F. The lowest BCUT2D eigenvalue weighted by molar-refractivity contribution is -0.274. The Kier molecular flexibility index (Phi) is 5.98. The molecule has 0 aliphatic heterocycles. The highest BCUT2D eigenvalue weighted by molar-refractivity contribution is 7.90. The molecule has 0 radical (unpaired) electrons. The summed E-state index contributed by atoms with van der Waals surface area (Å²) in [4.78, 5) is -0.949. The molecule has 0 fully saturated rings. The molecule has 1 aromatic heterocycles. The van der Waals surface area contributed by atoms with E-state index in [9.17, 15) is 39.2 Å². The molecule has 3 aromatic rings. The molecule has 0 saturated heterocycles. The second kappa shape index (κ2) is 8.11. The summed E-state index contributed by atoms with van der Waals surface area (Å²) in [5, 5.41) is 3.59. The van der Waals surface area contributed by atoms with Gasteiger partial charge < -0.3 is 4.74 Å². The molecule has 0 aliphatic carbocycles. The van der Waals surface area contributed by atoms with Crippen molar-refractivity contribution in [3.8, 4) is 22.7 Å². The molecule has 172 valence electrons. The number of benzene rings is 2. The normalized spacial score (nSPS) is 12.4. The molecule has 0 amide bonds. The van der Waals surface area contributed by atoms with Gasteiger partial charge in [0.25, 0.3) is 6.43 Å². The fraction of sp³-hybridized carbons (Fsp3) is 0.211. The van der Waals surface area contributed by atoms with Crippen molar-refractivity contribution in [1.82, 2.24) is 9.78 Å². The Morgan fingerprint density at radius 2 is 1.69 bits per heavy atom. The molecule has 0 unspecified atom stereocenters. The number of sulfone groups is 1. The van der Waals surface area contributed by atoms with Gasteiger partial charge in [-0.15, -0.1) is 13.2 Å². The van der Waals surface area contributed by atoms with E-state index in [-0.39, 0.29) is 11.3 Å². The monoisotopic (exact) mass is 482 g/mol. The first-order valence-corrected chi connectivity index (χ1v) is 10.5. The Labute approximate surface area is 177 Å². The predicted octanol–water partition coefficient (Wildman–Crippen LogP) is 5.37. The van der Waals surface area contributed by atoms with E-state index in [4.69, 9.17) is 0 Å². The van der Waals surface area contributed by atoms with Gasteiger partial charge in [0, 0.05) is 17.9 Å². The second-order valence-electron chi connectivity index (χ2n) is 6.70. The van der Waals surface area contributed by atoms with Crippen molar-refractivity contribution < 1.29 is 43.9 Å². The molecular formula is C19H13F7N2O3S. The number of halogens is 7. The van der Waals surface area contributed by atoms with E-state index >= 15 is 0 Å². The Balaban J connectivity index is 2.24. The van der Waals surface area contributed by atoms with Crippen LogP contribution in [0.1, 0.15) is 17.7 Å². The van der Waals surface area contributed by atoms with Crippen LogP contribution in [0.4, 0.5) is 30.7 Å². The van der Waals surface area contributed by atoms with E-state index in [2.05, 4.69) is 9.84 Å². The zero-order chi connectivity index (χ0) is 24.0. The average Bonchev–Trinajstić information content (AvgIpc) is 3.08. The van der Waals surface area contributed by atoms with Crippen LogP contribution in [-0.2, 0) is 9.84 Å². The van der Waals surface area contributed by atoms with Gasteiger partial charge in [0.05, 0.1) is 11.4 Å². The molecule has 0 N–H and O–H groups in total. The highest BCUT2D eigenvalue weighted by Gasteiger charge is 2.32. The second-order valence-corrected chi connectivity index (χ2v) is 8.68. The van der Waals surface area contributed by atoms with E-state index in [0.29, 0.717) is 29.1 Å². The van der Waals surface area contributed by atoms with E-state index in [1.165, 1.54) is 19.1 Å². The van der Waals surface area contributed by atoms with Crippen molar-refractivity contribution in [3.63, 3.8) is 0 Å². The van der Waals surface area contributed by atoms with Gasteiger partial charge in [0.1, 0.15) is 28.0 Å². The number of alkyl halides is 5. The average molecular weight is 482 g/mol. The van der Waals surface area contributed by atoms with E-state index in [1.807, 2.05) is 0 Å². The Bertz CT molecular complexity index is 1280. The Morgan fingerprint density at radius 3 is 2.25 bits per heavy atom. The van der Waals surface area contributed by atoms with Gasteiger partial charge in [-0.2, -0.15) is 5.10 Å². The molecule has 0 bridgehead atoms. The molecule has 0 spiro atoms. The van der Waals surface area contributed by atoms with Crippen LogP contribution < -0.4 is 4.74 Å². The van der Waals surface area contributed by atoms with E-state index in [0.717, 1.165) is 6.07 Å². The first-order valence-electron chi connectivity index (χ1n) is 8.61. The fourth-order valence-electron chi connectivity index (χ4n) is 2.86. The summed E-state index contributed by atoms with van der Waals surface area (Å²) in [5.41, 5.74) is -2.11. The molecule has 0 aliphatic rings. The molecule has 0 atom stereocenters. The number of aryl methyl sites for hydroxylation is 1. The number of nitrogens with zero attached hydrogens (tertiary/aromatic N) is 2. The minimum absolute atomic E-state index is 0.0589. The van der Waals surface area contributed by atoms with Crippen LogP contribution in [0, 0.1) is 18.6 Å². The summed E-state index contributed by atoms with van der Waals surface area (Å²) in [5.74, 6) is -3.28. The van der Waals surface area contributed by atoms with E-state index in [1.54, 1.807) is 0 Å². The van der Waals surface area contributed by atoms with Crippen molar-refractivity contribution in [2.75, 3.05) is 6.26 Å². The molecule has 0 saturated carbocycles. The summed E-state index contributed by atoms with van der Waals surface area (Å²) in [6.07, 6.45) is -7.53. The molecule has 1 heterocycles. The van der Waals surface area contributed by atoms with Crippen molar-refractivity contribution in [2.24, 2.45) is 0 Å². The molecule has 13 heteroatoms. The maximum atomic E-state index is 14.7. The molecule has 3 rings (SSSR count). The van der Waals surface area contributed by atoms with Crippen LogP contribution in [0.2, 0.25) is 0 Å². The summed E-state index contributed by atoms with van der Waals surface area (Å²) in [6, 6.07) is 4.82. The number of rotatable bonds is 5. The molecule has 2 aromatic carbocycles. The largest absolute Gasteiger partial charge is 0.573 e. The third-order valence-electron chi connectivity index (χ3n) is 4.29. The lowest BCUT2D eigenvalue weighted by atomic mass is 10.1. The van der Waals surface area contributed by atoms with Crippen molar-refractivity contribution >= 4 is 9.84 Å². The zero-order valence-corrected chi connectivity index (χ0v) is 17.0. The van der Waals surface area contributed by atoms with Gasteiger partial charge in [-0.1, -0.05) is 6.07 Å². The number of ether oxygens (including phenoxy) is 1. The van der Waals surface area contributed by atoms with Gasteiger partial charge in [0.2, 0.25) is 0 Å². The maximum absolute atomic E-state index is 14.7. The first kappa shape index (κ1) is 23.6. The summed E-state index contributed by atoms with van der Waals surface area (Å²) >= 11 is 0. The predicted molar refractivity (Wildman–Crippen MR) is 98.4 cm³/mol. The standard InChI is InChI=1S/C19H13F7N2O3S/c1-9-3-4-10(5-16(9)31-19(24,25)26)28-15(8-14(27-28)18(22)23)11-6-13(21)17(7-12(11)20)32(2,29)30/h3-8,18H,1-2H3. The summed E-state index contributed by atoms with van der Waals surface area (Å²) in [7, 11) is -4.13. The molecule has 5 nitrogen and oxygen atoms in total. The lowest BCUT2D eigenvalue weighted by Gasteiger charge is -2.14. The van der Waals surface area contributed by atoms with Crippen LogP contribution in [0.3, 0.4) is 0 Å². The minimum atomic E-state index is -5.04. The van der Waals surface area contributed by atoms with E-state index < -0.39 is 61.9 Å². The maximum Gasteiger partial charge on any atom is 0.573 e. The molecular weight excluding hydrogens is 469 g/mol.